The summed E-state index contributed by atoms with van der Waals surface area (Å²) in [5.74, 6) is 1.86. The van der Waals surface area contributed by atoms with Crippen LogP contribution < -0.4 is 0 Å². The topological polar surface area (TPSA) is 77.7 Å². The third kappa shape index (κ3) is 4.09. The zero-order chi connectivity index (χ0) is 16.4. The number of aromatic nitrogens is 2. The summed E-state index contributed by atoms with van der Waals surface area (Å²) in [5, 5.41) is 8.08. The highest BCUT2D eigenvalue weighted by Crippen LogP contribution is 2.29. The average Bonchev–Trinajstić information content (AvgIpc) is 3.25. The number of rotatable bonds is 6. The van der Waals surface area contributed by atoms with Gasteiger partial charge in [-0.1, -0.05) is 13.8 Å². The van der Waals surface area contributed by atoms with E-state index < -0.39 is 6.10 Å². The molecule has 1 amide bonds. The second kappa shape index (κ2) is 6.97. The number of carbonyl (C=O) groups is 1. The molecule has 1 aromatic heterocycles. The quantitative estimate of drug-likeness (QED) is 0.796. The van der Waals surface area contributed by atoms with Crippen molar-refractivity contribution in [1.29, 1.82) is 0 Å². The maximum absolute atomic E-state index is 12.5. The minimum Gasteiger partial charge on any atom is -0.422 e. The molecule has 23 heavy (non-hydrogen) atoms. The van der Waals surface area contributed by atoms with Crippen molar-refractivity contribution in [3.8, 4) is 0 Å². The van der Waals surface area contributed by atoms with Crippen LogP contribution in [0.4, 0.5) is 0 Å². The van der Waals surface area contributed by atoms with Crippen molar-refractivity contribution in [1.82, 2.24) is 15.1 Å². The molecule has 2 heterocycles. The molecular weight excluding hydrogens is 298 g/mol. The number of ether oxygens (including phenoxy) is 2. The van der Waals surface area contributed by atoms with E-state index in [4.69, 9.17) is 13.9 Å². The third-order valence-electron chi connectivity index (χ3n) is 4.23. The molecule has 2 fully saturated rings. The van der Waals surface area contributed by atoms with Gasteiger partial charge in [0.05, 0.1) is 19.8 Å². The Balaban J connectivity index is 1.56. The number of amides is 1. The first kappa shape index (κ1) is 16.4. The Labute approximate surface area is 136 Å². The fourth-order valence-electron chi connectivity index (χ4n) is 2.50. The van der Waals surface area contributed by atoms with Crippen LogP contribution in [0.15, 0.2) is 4.42 Å². The standard InChI is InChI=1S/C16H25N3O4/c1-10(2)14-17-18-15(23-14)13-8-19(6-7-21-13)16(20)11(3)22-9-12-4-5-12/h10-13H,4-9H2,1-3H3. The van der Waals surface area contributed by atoms with Gasteiger partial charge >= 0.3 is 0 Å². The molecule has 2 atom stereocenters. The molecule has 0 aromatic carbocycles. The molecule has 1 aromatic rings. The molecule has 0 radical (unpaired) electrons. The van der Waals surface area contributed by atoms with Crippen LogP contribution in [0.2, 0.25) is 0 Å². The lowest BCUT2D eigenvalue weighted by molar-refractivity contribution is -0.151. The van der Waals surface area contributed by atoms with Gasteiger partial charge in [-0.15, -0.1) is 10.2 Å². The van der Waals surface area contributed by atoms with Crippen LogP contribution in [-0.2, 0) is 14.3 Å². The second-order valence-electron chi connectivity index (χ2n) is 6.70. The van der Waals surface area contributed by atoms with Crippen molar-refractivity contribution in [2.45, 2.75) is 51.7 Å². The SMILES string of the molecule is CC(OCC1CC1)C(=O)N1CCOC(c2nnc(C(C)C)o2)C1. The molecule has 7 nitrogen and oxygen atoms in total. The van der Waals surface area contributed by atoms with E-state index >= 15 is 0 Å². The lowest BCUT2D eigenvalue weighted by Gasteiger charge is -2.32. The summed E-state index contributed by atoms with van der Waals surface area (Å²) in [7, 11) is 0. The van der Waals surface area contributed by atoms with E-state index in [0.29, 0.717) is 44.0 Å². The molecule has 1 aliphatic carbocycles. The van der Waals surface area contributed by atoms with Gasteiger partial charge in [-0.2, -0.15) is 0 Å². The van der Waals surface area contributed by atoms with Crippen LogP contribution in [0, 0.1) is 5.92 Å². The number of carbonyl (C=O) groups excluding carboxylic acids is 1. The van der Waals surface area contributed by atoms with E-state index in [9.17, 15) is 4.79 Å². The molecule has 0 N–H and O–H groups in total. The zero-order valence-electron chi connectivity index (χ0n) is 14.0. The van der Waals surface area contributed by atoms with Crippen LogP contribution >= 0.6 is 0 Å². The monoisotopic (exact) mass is 323 g/mol. The Morgan fingerprint density at radius 1 is 1.35 bits per heavy atom. The first-order valence-corrected chi connectivity index (χ1v) is 8.40. The summed E-state index contributed by atoms with van der Waals surface area (Å²) in [6, 6.07) is 0. The predicted octanol–water partition coefficient (Wildman–Crippen LogP) is 1.91. The van der Waals surface area contributed by atoms with Crippen LogP contribution in [0.3, 0.4) is 0 Å². The molecule has 7 heteroatoms. The first-order valence-electron chi connectivity index (χ1n) is 8.40. The number of nitrogens with zero attached hydrogens (tertiary/aromatic N) is 3. The molecule has 1 saturated carbocycles. The van der Waals surface area contributed by atoms with Crippen molar-refractivity contribution < 1.29 is 18.7 Å². The van der Waals surface area contributed by atoms with Gasteiger partial charge in [0.2, 0.25) is 11.8 Å². The van der Waals surface area contributed by atoms with Crippen molar-refractivity contribution >= 4 is 5.91 Å². The van der Waals surface area contributed by atoms with Gasteiger partial charge in [-0.05, 0) is 25.7 Å². The normalized spacial score (nSPS) is 23.3. The zero-order valence-corrected chi connectivity index (χ0v) is 14.0. The average molecular weight is 323 g/mol. The fourth-order valence-corrected chi connectivity index (χ4v) is 2.50. The molecule has 3 rings (SSSR count). The van der Waals surface area contributed by atoms with Gasteiger partial charge in [0.1, 0.15) is 6.10 Å². The molecule has 128 valence electrons. The van der Waals surface area contributed by atoms with Gasteiger partial charge < -0.3 is 18.8 Å². The maximum Gasteiger partial charge on any atom is 0.251 e. The molecule has 2 aliphatic rings. The molecule has 1 saturated heterocycles. The van der Waals surface area contributed by atoms with E-state index in [1.807, 2.05) is 20.8 Å². The molecule has 2 unspecified atom stereocenters. The largest absolute Gasteiger partial charge is 0.422 e. The summed E-state index contributed by atoms with van der Waals surface area (Å²) in [5.41, 5.74) is 0. The molecule has 1 aliphatic heterocycles. The highest BCUT2D eigenvalue weighted by atomic mass is 16.5. The van der Waals surface area contributed by atoms with E-state index in [1.165, 1.54) is 12.8 Å². The predicted molar refractivity (Wildman–Crippen MR) is 81.8 cm³/mol. The molecule has 0 spiro atoms. The van der Waals surface area contributed by atoms with Crippen LogP contribution in [0.5, 0.6) is 0 Å². The Morgan fingerprint density at radius 2 is 2.13 bits per heavy atom. The van der Waals surface area contributed by atoms with Crippen molar-refractivity contribution in [3.63, 3.8) is 0 Å². The maximum atomic E-state index is 12.5. The van der Waals surface area contributed by atoms with Crippen molar-refractivity contribution in [2.24, 2.45) is 5.92 Å². The van der Waals surface area contributed by atoms with Gasteiger partial charge in [-0.25, -0.2) is 0 Å². The number of morpholine rings is 1. The third-order valence-corrected chi connectivity index (χ3v) is 4.23. The van der Waals surface area contributed by atoms with Crippen molar-refractivity contribution in [3.05, 3.63) is 11.8 Å². The van der Waals surface area contributed by atoms with Gasteiger partial charge in [0.25, 0.3) is 5.91 Å². The second-order valence-corrected chi connectivity index (χ2v) is 6.70. The highest BCUT2D eigenvalue weighted by Gasteiger charge is 2.32. The molecular formula is C16H25N3O4. The number of hydrogen-bond donors (Lipinski definition) is 0. The van der Waals surface area contributed by atoms with Crippen LogP contribution in [0.1, 0.15) is 57.4 Å². The summed E-state index contributed by atoms with van der Waals surface area (Å²) < 4.78 is 17.0. The summed E-state index contributed by atoms with van der Waals surface area (Å²) in [6.07, 6.45) is 1.66. The van der Waals surface area contributed by atoms with E-state index in [1.54, 1.807) is 4.90 Å². The Morgan fingerprint density at radius 3 is 2.78 bits per heavy atom. The first-order chi connectivity index (χ1) is 11.0. The molecule has 0 bridgehead atoms. The van der Waals surface area contributed by atoms with Gasteiger partial charge in [-0.3, -0.25) is 4.79 Å². The Bertz CT molecular complexity index is 541. The van der Waals surface area contributed by atoms with Crippen LogP contribution in [0.25, 0.3) is 0 Å². The van der Waals surface area contributed by atoms with E-state index in [0.717, 1.165) is 0 Å². The fraction of sp³-hybridized carbons (Fsp3) is 0.812. The summed E-state index contributed by atoms with van der Waals surface area (Å²) in [4.78, 5) is 14.3. The summed E-state index contributed by atoms with van der Waals surface area (Å²) >= 11 is 0. The van der Waals surface area contributed by atoms with Crippen molar-refractivity contribution in [2.75, 3.05) is 26.3 Å². The van der Waals surface area contributed by atoms with Gasteiger partial charge in [0, 0.05) is 12.5 Å². The Hall–Kier alpha value is -1.47. The minimum atomic E-state index is -0.414. The smallest absolute Gasteiger partial charge is 0.251 e. The van der Waals surface area contributed by atoms with E-state index in [-0.39, 0.29) is 17.9 Å². The Kier molecular flexibility index (Phi) is 4.96. The van der Waals surface area contributed by atoms with E-state index in [2.05, 4.69) is 10.2 Å². The van der Waals surface area contributed by atoms with Gasteiger partial charge in [0.15, 0.2) is 6.10 Å². The lowest BCUT2D eigenvalue weighted by Crippen LogP contribution is -2.46. The van der Waals surface area contributed by atoms with Crippen LogP contribution in [-0.4, -0.2) is 53.4 Å². The minimum absolute atomic E-state index is 0.00236. The lowest BCUT2D eigenvalue weighted by atomic mass is 10.2. The highest BCUT2D eigenvalue weighted by molar-refractivity contribution is 5.80. The summed E-state index contributed by atoms with van der Waals surface area (Å²) in [6.45, 7) is 7.95. The number of hydrogen-bond acceptors (Lipinski definition) is 6.